The number of anilines is 1. The predicted molar refractivity (Wildman–Crippen MR) is 129 cm³/mol. The zero-order chi connectivity index (χ0) is 22.9. The lowest BCUT2D eigenvalue weighted by Crippen LogP contribution is -2.39. The fourth-order valence-corrected chi connectivity index (χ4v) is 3.90. The zero-order valence-corrected chi connectivity index (χ0v) is 19.5. The molecule has 3 rings (SSSR count). The van der Waals surface area contributed by atoms with Gasteiger partial charge in [-0.05, 0) is 37.0 Å². The maximum atomic E-state index is 12.8. The summed E-state index contributed by atoms with van der Waals surface area (Å²) in [6.45, 7) is 6.57. The monoisotopic (exact) mass is 451 g/mol. The van der Waals surface area contributed by atoms with Gasteiger partial charge in [0.2, 0.25) is 17.0 Å². The van der Waals surface area contributed by atoms with E-state index in [-0.39, 0.29) is 24.1 Å². The Labute approximate surface area is 193 Å². The third kappa shape index (κ3) is 6.43. The molecule has 32 heavy (non-hydrogen) atoms. The van der Waals surface area contributed by atoms with Crippen molar-refractivity contribution in [2.75, 3.05) is 24.2 Å². The molecule has 7 nitrogen and oxygen atoms in total. The minimum atomic E-state index is -0.207. The number of carbonyl (C=O) groups excluding carboxylic acids is 2. The average Bonchev–Trinajstić information content (AvgIpc) is 3.28. The van der Waals surface area contributed by atoms with Crippen LogP contribution in [-0.4, -0.2) is 50.7 Å². The highest BCUT2D eigenvalue weighted by Gasteiger charge is 2.18. The number of aryl methyl sites for hydroxylation is 2. The number of aromatic amines is 1. The number of carbonyl (C=O) groups is 2. The molecule has 0 aliphatic carbocycles. The van der Waals surface area contributed by atoms with Gasteiger partial charge in [-0.1, -0.05) is 68.1 Å². The highest BCUT2D eigenvalue weighted by molar-refractivity contribution is 7.99. The standard InChI is InChI=1S/C24H29N5O2S/c1-4-14-29(15-21(30)25-20-9-7-6-8-17(20)3)22(31)16-32-24-26-23(27-28-24)19-12-10-18(5-2)11-13-19/h6-13H,4-5,14-16H2,1-3H3,(H,25,30)(H,26,27,28). The lowest BCUT2D eigenvalue weighted by atomic mass is 10.1. The van der Waals surface area contributed by atoms with Crippen molar-refractivity contribution in [3.63, 3.8) is 0 Å². The molecule has 8 heteroatoms. The largest absolute Gasteiger partial charge is 0.333 e. The molecule has 0 fully saturated rings. The Hall–Kier alpha value is -3.13. The summed E-state index contributed by atoms with van der Waals surface area (Å²) in [6.07, 6.45) is 1.75. The highest BCUT2D eigenvalue weighted by atomic mass is 32.2. The third-order valence-electron chi connectivity index (χ3n) is 5.03. The summed E-state index contributed by atoms with van der Waals surface area (Å²) in [6, 6.07) is 15.7. The van der Waals surface area contributed by atoms with Crippen LogP contribution in [0.3, 0.4) is 0 Å². The first-order valence-electron chi connectivity index (χ1n) is 10.8. The molecule has 3 aromatic rings. The van der Waals surface area contributed by atoms with E-state index in [4.69, 9.17) is 0 Å². The maximum absolute atomic E-state index is 12.8. The van der Waals surface area contributed by atoms with Crippen LogP contribution in [0, 0.1) is 6.92 Å². The molecule has 0 bridgehead atoms. The Morgan fingerprint density at radius 1 is 1.09 bits per heavy atom. The summed E-state index contributed by atoms with van der Waals surface area (Å²) in [4.78, 5) is 31.3. The van der Waals surface area contributed by atoms with Crippen molar-refractivity contribution in [2.45, 2.75) is 38.8 Å². The van der Waals surface area contributed by atoms with Crippen molar-refractivity contribution in [1.82, 2.24) is 20.1 Å². The first-order chi connectivity index (χ1) is 15.5. The van der Waals surface area contributed by atoms with Gasteiger partial charge in [0.1, 0.15) is 0 Å². The van der Waals surface area contributed by atoms with Crippen LogP contribution in [0.5, 0.6) is 0 Å². The van der Waals surface area contributed by atoms with Crippen LogP contribution in [0.4, 0.5) is 5.69 Å². The second-order valence-electron chi connectivity index (χ2n) is 7.48. The molecule has 2 aromatic carbocycles. The molecule has 0 saturated carbocycles. The number of para-hydroxylation sites is 1. The first-order valence-corrected chi connectivity index (χ1v) is 11.8. The van der Waals surface area contributed by atoms with E-state index in [9.17, 15) is 9.59 Å². The van der Waals surface area contributed by atoms with Crippen LogP contribution in [0.1, 0.15) is 31.4 Å². The highest BCUT2D eigenvalue weighted by Crippen LogP contribution is 2.20. The number of rotatable bonds is 10. The van der Waals surface area contributed by atoms with Gasteiger partial charge < -0.3 is 10.2 Å². The lowest BCUT2D eigenvalue weighted by molar-refractivity contribution is -0.132. The molecule has 2 N–H and O–H groups in total. The van der Waals surface area contributed by atoms with Gasteiger partial charge in [0, 0.05) is 17.8 Å². The molecular formula is C24H29N5O2S. The number of amides is 2. The first kappa shape index (κ1) is 23.5. The van der Waals surface area contributed by atoms with Gasteiger partial charge in [0.15, 0.2) is 5.82 Å². The Kier molecular flexibility index (Phi) is 8.44. The number of hydrogen-bond acceptors (Lipinski definition) is 5. The number of H-pyrrole nitrogens is 1. The van der Waals surface area contributed by atoms with Crippen molar-refractivity contribution < 1.29 is 9.59 Å². The lowest BCUT2D eigenvalue weighted by Gasteiger charge is -2.21. The van der Waals surface area contributed by atoms with E-state index in [0.29, 0.717) is 17.5 Å². The van der Waals surface area contributed by atoms with Crippen molar-refractivity contribution in [3.05, 3.63) is 59.7 Å². The van der Waals surface area contributed by atoms with Gasteiger partial charge in [-0.25, -0.2) is 4.98 Å². The summed E-state index contributed by atoms with van der Waals surface area (Å²) >= 11 is 1.26. The van der Waals surface area contributed by atoms with E-state index in [2.05, 4.69) is 39.6 Å². The second-order valence-corrected chi connectivity index (χ2v) is 8.43. The van der Waals surface area contributed by atoms with Gasteiger partial charge >= 0.3 is 0 Å². The summed E-state index contributed by atoms with van der Waals surface area (Å²) < 4.78 is 0. The minimum Gasteiger partial charge on any atom is -0.333 e. The molecule has 168 valence electrons. The number of nitrogens with one attached hydrogen (secondary N) is 2. The normalized spacial score (nSPS) is 10.7. The van der Waals surface area contributed by atoms with Gasteiger partial charge in [0.25, 0.3) is 0 Å². The van der Waals surface area contributed by atoms with Gasteiger partial charge in [0.05, 0.1) is 12.3 Å². The van der Waals surface area contributed by atoms with Crippen LogP contribution in [0.2, 0.25) is 0 Å². The van der Waals surface area contributed by atoms with E-state index < -0.39 is 0 Å². The summed E-state index contributed by atoms with van der Waals surface area (Å²) in [5.74, 6) is 0.520. The van der Waals surface area contributed by atoms with Crippen LogP contribution in [-0.2, 0) is 16.0 Å². The minimum absolute atomic E-state index is 0.0184. The number of hydrogen-bond donors (Lipinski definition) is 2. The number of thioether (sulfide) groups is 1. The summed E-state index contributed by atoms with van der Waals surface area (Å²) in [5, 5.41) is 10.5. The SMILES string of the molecule is CCCN(CC(=O)Nc1ccccc1C)C(=O)CSc1n[nH]c(-c2ccc(CC)cc2)n1. The van der Waals surface area contributed by atoms with Crippen LogP contribution >= 0.6 is 11.8 Å². The topological polar surface area (TPSA) is 91.0 Å². The van der Waals surface area contributed by atoms with Crippen LogP contribution in [0.15, 0.2) is 53.7 Å². The fourth-order valence-electron chi connectivity index (χ4n) is 3.19. The van der Waals surface area contributed by atoms with Gasteiger partial charge in [-0.2, -0.15) is 0 Å². The van der Waals surface area contributed by atoms with Gasteiger partial charge in [-0.15, -0.1) is 5.10 Å². The molecule has 1 aromatic heterocycles. The van der Waals surface area contributed by atoms with E-state index in [1.54, 1.807) is 4.90 Å². The van der Waals surface area contributed by atoms with E-state index >= 15 is 0 Å². The molecule has 0 radical (unpaired) electrons. The van der Waals surface area contributed by atoms with Crippen molar-refractivity contribution in [1.29, 1.82) is 0 Å². The molecule has 0 saturated heterocycles. The molecule has 0 atom stereocenters. The van der Waals surface area contributed by atoms with E-state index in [1.807, 2.05) is 50.2 Å². The molecule has 0 unspecified atom stereocenters. The number of aromatic nitrogens is 3. The van der Waals surface area contributed by atoms with Crippen molar-refractivity contribution >= 4 is 29.3 Å². The molecular weight excluding hydrogens is 422 g/mol. The van der Waals surface area contributed by atoms with Crippen LogP contribution < -0.4 is 5.32 Å². The zero-order valence-electron chi connectivity index (χ0n) is 18.7. The Balaban J connectivity index is 1.56. The van der Waals surface area contributed by atoms with E-state index in [0.717, 1.165) is 29.7 Å². The van der Waals surface area contributed by atoms with Gasteiger partial charge in [-0.3, -0.25) is 14.7 Å². The molecule has 0 spiro atoms. The maximum Gasteiger partial charge on any atom is 0.244 e. The fraction of sp³-hybridized carbons (Fsp3) is 0.333. The molecule has 2 amide bonds. The molecule has 0 aliphatic heterocycles. The Morgan fingerprint density at radius 3 is 2.53 bits per heavy atom. The number of nitrogens with zero attached hydrogens (tertiary/aromatic N) is 3. The summed E-state index contributed by atoms with van der Waals surface area (Å²) in [7, 11) is 0. The molecule has 0 aliphatic rings. The molecule has 1 heterocycles. The van der Waals surface area contributed by atoms with Crippen molar-refractivity contribution in [2.24, 2.45) is 0 Å². The van der Waals surface area contributed by atoms with Crippen molar-refractivity contribution in [3.8, 4) is 11.4 Å². The second kappa shape index (κ2) is 11.5. The third-order valence-corrected chi connectivity index (χ3v) is 5.86. The Morgan fingerprint density at radius 2 is 1.84 bits per heavy atom. The van der Waals surface area contributed by atoms with Crippen LogP contribution in [0.25, 0.3) is 11.4 Å². The quantitative estimate of drug-likeness (QED) is 0.448. The summed E-state index contributed by atoms with van der Waals surface area (Å²) in [5.41, 5.74) is 3.95. The Bertz CT molecular complexity index is 1050. The predicted octanol–water partition coefficient (Wildman–Crippen LogP) is 4.31. The smallest absolute Gasteiger partial charge is 0.244 e. The van der Waals surface area contributed by atoms with E-state index in [1.165, 1.54) is 17.3 Å². The average molecular weight is 452 g/mol. The number of benzene rings is 2.